The Hall–Kier alpha value is -1.50. The van der Waals surface area contributed by atoms with E-state index < -0.39 is 5.97 Å². The van der Waals surface area contributed by atoms with Gasteiger partial charge in [0.15, 0.2) is 0 Å². The lowest BCUT2D eigenvalue weighted by Crippen LogP contribution is -1.94. The number of allylic oxidation sites excluding steroid dienone is 1. The van der Waals surface area contributed by atoms with Gasteiger partial charge in [-0.15, -0.1) is 5.73 Å². The first-order valence-corrected chi connectivity index (χ1v) is 5.38. The van der Waals surface area contributed by atoms with Crippen molar-refractivity contribution >= 4 is 23.1 Å². The van der Waals surface area contributed by atoms with Gasteiger partial charge in [0.05, 0.1) is 0 Å². The molecule has 3 heteroatoms. The zero-order valence-electron chi connectivity index (χ0n) is 8.87. The maximum Gasteiger partial charge on any atom is 0.303 e. The molecule has 0 radical (unpaired) electrons. The molecule has 84 valence electrons. The summed E-state index contributed by atoms with van der Waals surface area (Å²) in [6, 6.07) is 7.37. The van der Waals surface area contributed by atoms with Gasteiger partial charge in [0.1, 0.15) is 0 Å². The van der Waals surface area contributed by atoms with Gasteiger partial charge < -0.3 is 5.11 Å². The topological polar surface area (TPSA) is 37.3 Å². The van der Waals surface area contributed by atoms with Crippen molar-refractivity contribution in [2.24, 2.45) is 0 Å². The third-order valence-electron chi connectivity index (χ3n) is 2.22. The molecule has 0 saturated carbocycles. The summed E-state index contributed by atoms with van der Waals surface area (Å²) in [5.74, 6) is -0.778. The zero-order valence-corrected chi connectivity index (χ0v) is 9.63. The van der Waals surface area contributed by atoms with Crippen LogP contribution in [0.2, 0.25) is 5.02 Å². The predicted octanol–water partition coefficient (Wildman–Crippen LogP) is 3.76. The third kappa shape index (κ3) is 3.93. The summed E-state index contributed by atoms with van der Waals surface area (Å²) in [4.78, 5) is 10.4. The number of halogens is 1. The van der Waals surface area contributed by atoms with E-state index >= 15 is 0 Å². The van der Waals surface area contributed by atoms with E-state index in [2.05, 4.69) is 12.3 Å². The van der Waals surface area contributed by atoms with Crippen LogP contribution in [0.25, 0.3) is 5.57 Å². The van der Waals surface area contributed by atoms with Crippen LogP contribution in [0.3, 0.4) is 0 Å². The van der Waals surface area contributed by atoms with Crippen molar-refractivity contribution in [1.29, 1.82) is 0 Å². The normalized spacial score (nSPS) is 9.56. The SMILES string of the molecule is C=C=C(CCCC(=O)O)c1ccc(Cl)cc1. The van der Waals surface area contributed by atoms with Gasteiger partial charge in [-0.2, -0.15) is 0 Å². The van der Waals surface area contributed by atoms with Crippen LogP contribution >= 0.6 is 11.6 Å². The van der Waals surface area contributed by atoms with E-state index in [0.717, 1.165) is 11.1 Å². The Morgan fingerprint density at radius 3 is 2.44 bits per heavy atom. The first-order valence-electron chi connectivity index (χ1n) is 5.00. The molecule has 0 atom stereocenters. The number of benzene rings is 1. The van der Waals surface area contributed by atoms with Crippen LogP contribution in [0.1, 0.15) is 24.8 Å². The van der Waals surface area contributed by atoms with E-state index in [1.807, 2.05) is 12.1 Å². The molecule has 1 rings (SSSR count). The summed E-state index contributed by atoms with van der Waals surface area (Å²) >= 11 is 5.78. The van der Waals surface area contributed by atoms with Crippen molar-refractivity contribution in [3.05, 3.63) is 47.2 Å². The molecule has 0 aromatic heterocycles. The lowest BCUT2D eigenvalue weighted by Gasteiger charge is -2.04. The van der Waals surface area contributed by atoms with Gasteiger partial charge in [-0.3, -0.25) is 4.79 Å². The van der Waals surface area contributed by atoms with E-state index in [-0.39, 0.29) is 6.42 Å². The number of aliphatic carboxylic acids is 1. The highest BCUT2D eigenvalue weighted by molar-refractivity contribution is 6.30. The van der Waals surface area contributed by atoms with Gasteiger partial charge in [-0.25, -0.2) is 0 Å². The number of hydrogen-bond donors (Lipinski definition) is 1. The van der Waals surface area contributed by atoms with Crippen molar-refractivity contribution in [3.63, 3.8) is 0 Å². The molecule has 16 heavy (non-hydrogen) atoms. The van der Waals surface area contributed by atoms with Crippen molar-refractivity contribution in [2.45, 2.75) is 19.3 Å². The lowest BCUT2D eigenvalue weighted by molar-refractivity contribution is -0.137. The van der Waals surface area contributed by atoms with Gasteiger partial charge in [0.2, 0.25) is 0 Å². The summed E-state index contributed by atoms with van der Waals surface area (Å²) in [7, 11) is 0. The van der Waals surface area contributed by atoms with Gasteiger partial charge in [-0.1, -0.05) is 30.3 Å². The fourth-order valence-corrected chi connectivity index (χ4v) is 1.53. The van der Waals surface area contributed by atoms with Crippen LogP contribution in [0.15, 0.2) is 36.6 Å². The Kier molecular flexibility index (Phi) is 4.84. The molecule has 0 amide bonds. The summed E-state index contributed by atoms with van der Waals surface area (Å²) in [6.45, 7) is 3.62. The molecule has 0 aliphatic carbocycles. The summed E-state index contributed by atoms with van der Waals surface area (Å²) in [5, 5.41) is 9.22. The second kappa shape index (κ2) is 6.16. The molecule has 1 aromatic rings. The highest BCUT2D eigenvalue weighted by Crippen LogP contribution is 2.21. The summed E-state index contributed by atoms with van der Waals surface area (Å²) in [5.41, 5.74) is 4.76. The molecule has 1 aromatic carbocycles. The Labute approximate surface area is 99.9 Å². The molecule has 0 aliphatic rings. The Morgan fingerprint density at radius 2 is 1.94 bits per heavy atom. The van der Waals surface area contributed by atoms with E-state index in [1.54, 1.807) is 12.1 Å². The van der Waals surface area contributed by atoms with Crippen LogP contribution in [0, 0.1) is 0 Å². The number of carboxylic acid groups (broad SMARTS) is 1. The molecular weight excluding hydrogens is 224 g/mol. The molecule has 0 bridgehead atoms. The van der Waals surface area contributed by atoms with Crippen LogP contribution < -0.4 is 0 Å². The minimum absolute atomic E-state index is 0.165. The molecule has 0 heterocycles. The molecule has 0 saturated heterocycles. The molecule has 0 spiro atoms. The van der Waals surface area contributed by atoms with Gasteiger partial charge in [0.25, 0.3) is 0 Å². The van der Waals surface area contributed by atoms with Crippen LogP contribution in [-0.2, 0) is 4.79 Å². The van der Waals surface area contributed by atoms with Crippen LogP contribution in [-0.4, -0.2) is 11.1 Å². The average Bonchev–Trinajstić information content (AvgIpc) is 2.26. The Balaban J connectivity index is 2.65. The average molecular weight is 237 g/mol. The van der Waals surface area contributed by atoms with Crippen LogP contribution in [0.5, 0.6) is 0 Å². The van der Waals surface area contributed by atoms with Gasteiger partial charge in [-0.05, 0) is 30.5 Å². The van der Waals surface area contributed by atoms with E-state index in [0.29, 0.717) is 17.9 Å². The third-order valence-corrected chi connectivity index (χ3v) is 2.48. The molecule has 0 aliphatic heterocycles. The minimum atomic E-state index is -0.778. The maximum atomic E-state index is 10.4. The van der Waals surface area contributed by atoms with Gasteiger partial charge in [0, 0.05) is 17.0 Å². The first-order chi connectivity index (χ1) is 7.63. The number of rotatable bonds is 5. The largest absolute Gasteiger partial charge is 0.481 e. The molecule has 0 fully saturated rings. The maximum absolute atomic E-state index is 10.4. The quantitative estimate of drug-likeness (QED) is 0.791. The summed E-state index contributed by atoms with van der Waals surface area (Å²) in [6.07, 6.45) is 1.42. The van der Waals surface area contributed by atoms with Crippen molar-refractivity contribution in [2.75, 3.05) is 0 Å². The van der Waals surface area contributed by atoms with Crippen LogP contribution in [0.4, 0.5) is 0 Å². The second-order valence-electron chi connectivity index (χ2n) is 3.41. The molecule has 0 unspecified atom stereocenters. The summed E-state index contributed by atoms with van der Waals surface area (Å²) < 4.78 is 0. The second-order valence-corrected chi connectivity index (χ2v) is 3.85. The van der Waals surface area contributed by atoms with E-state index in [9.17, 15) is 4.79 Å². The smallest absolute Gasteiger partial charge is 0.303 e. The monoisotopic (exact) mass is 236 g/mol. The molecular formula is C13H13ClO2. The number of carbonyl (C=O) groups is 1. The Bertz CT molecular complexity index is 414. The highest BCUT2D eigenvalue weighted by atomic mass is 35.5. The fraction of sp³-hybridized carbons (Fsp3) is 0.231. The number of hydrogen-bond acceptors (Lipinski definition) is 1. The predicted molar refractivity (Wildman–Crippen MR) is 65.5 cm³/mol. The van der Waals surface area contributed by atoms with Gasteiger partial charge >= 0.3 is 5.97 Å². The van der Waals surface area contributed by atoms with Crippen molar-refractivity contribution < 1.29 is 9.90 Å². The molecule has 1 N–H and O–H groups in total. The highest BCUT2D eigenvalue weighted by Gasteiger charge is 2.03. The van der Waals surface area contributed by atoms with Crippen molar-refractivity contribution in [3.8, 4) is 0 Å². The van der Waals surface area contributed by atoms with Crippen molar-refractivity contribution in [1.82, 2.24) is 0 Å². The lowest BCUT2D eigenvalue weighted by atomic mass is 10.0. The van der Waals surface area contributed by atoms with E-state index in [4.69, 9.17) is 16.7 Å². The Morgan fingerprint density at radius 1 is 1.31 bits per heavy atom. The zero-order chi connectivity index (χ0) is 12.0. The van der Waals surface area contributed by atoms with E-state index in [1.165, 1.54) is 0 Å². The minimum Gasteiger partial charge on any atom is -0.481 e. The number of carboxylic acids is 1. The first kappa shape index (κ1) is 12.6. The fourth-order valence-electron chi connectivity index (χ4n) is 1.40. The standard InChI is InChI=1S/C13H13ClO2/c1-2-10(4-3-5-13(15)16)11-6-8-12(14)9-7-11/h6-9H,1,3-5H2,(H,15,16). The molecule has 2 nitrogen and oxygen atoms in total.